The first kappa shape index (κ1) is 12.6. The Labute approximate surface area is 122 Å². The number of aliphatic hydroxyl groups is 1. The molecule has 3 rings (SSSR count). The van der Waals surface area contributed by atoms with Gasteiger partial charge >= 0.3 is 0 Å². The van der Waals surface area contributed by atoms with E-state index in [0.717, 1.165) is 20.5 Å². The summed E-state index contributed by atoms with van der Waals surface area (Å²) in [6.07, 6.45) is -0.635. The summed E-state index contributed by atoms with van der Waals surface area (Å²) in [5, 5.41) is 10.4. The van der Waals surface area contributed by atoms with Crippen molar-refractivity contribution in [2.45, 2.75) is 19.3 Å². The molecule has 1 aliphatic heterocycles. The van der Waals surface area contributed by atoms with Crippen LogP contribution in [0.1, 0.15) is 27.7 Å². The van der Waals surface area contributed by atoms with Gasteiger partial charge in [0.05, 0.1) is 13.2 Å². The number of aliphatic hydroxyl groups excluding tert-OH is 1. The first-order valence-corrected chi connectivity index (χ1v) is 7.46. The molecule has 5 heteroatoms. The molecule has 2 nitrogen and oxygen atoms in total. The van der Waals surface area contributed by atoms with E-state index in [-0.39, 0.29) is 0 Å². The lowest BCUT2D eigenvalue weighted by atomic mass is 10.0. The van der Waals surface area contributed by atoms with Gasteiger partial charge in [-0.3, -0.25) is 0 Å². The molecule has 0 saturated heterocycles. The number of hydrogen-bond acceptors (Lipinski definition) is 3. The quantitative estimate of drug-likeness (QED) is 0.880. The summed E-state index contributed by atoms with van der Waals surface area (Å²) in [6.45, 7) is 1.30. The standard InChI is InChI=1S/C13H10BrClO2S/c14-10-4-11(18-13(10)15)12(16)7-1-2-8-5-17-6-9(8)3-7/h1-4,12,16H,5-6H2. The number of ether oxygens (including phenoxy) is 1. The molecule has 1 unspecified atom stereocenters. The van der Waals surface area contributed by atoms with Gasteiger partial charge in [0.1, 0.15) is 10.4 Å². The predicted molar refractivity (Wildman–Crippen MR) is 76.0 cm³/mol. The zero-order valence-corrected chi connectivity index (χ0v) is 12.5. The molecule has 94 valence electrons. The van der Waals surface area contributed by atoms with Gasteiger partial charge in [-0.1, -0.05) is 29.8 Å². The van der Waals surface area contributed by atoms with Gasteiger partial charge in [-0.15, -0.1) is 11.3 Å². The van der Waals surface area contributed by atoms with Crippen LogP contribution in [0.15, 0.2) is 28.7 Å². The second kappa shape index (κ2) is 4.94. The number of halogens is 2. The van der Waals surface area contributed by atoms with E-state index < -0.39 is 6.10 Å². The molecule has 1 aliphatic rings. The van der Waals surface area contributed by atoms with Crippen molar-refractivity contribution in [3.05, 3.63) is 54.6 Å². The van der Waals surface area contributed by atoms with E-state index in [0.29, 0.717) is 17.6 Å². The summed E-state index contributed by atoms with van der Waals surface area (Å²) < 4.78 is 6.86. The van der Waals surface area contributed by atoms with E-state index in [9.17, 15) is 5.11 Å². The number of hydrogen-bond donors (Lipinski definition) is 1. The molecular formula is C13H10BrClO2S. The van der Waals surface area contributed by atoms with Crippen LogP contribution in [0, 0.1) is 0 Å². The van der Waals surface area contributed by atoms with Gasteiger partial charge in [-0.2, -0.15) is 0 Å². The van der Waals surface area contributed by atoms with E-state index in [4.69, 9.17) is 16.3 Å². The van der Waals surface area contributed by atoms with Gasteiger partial charge in [0.2, 0.25) is 0 Å². The van der Waals surface area contributed by atoms with Crippen molar-refractivity contribution in [1.82, 2.24) is 0 Å². The summed E-state index contributed by atoms with van der Waals surface area (Å²) in [7, 11) is 0. The second-order valence-corrected chi connectivity index (χ2v) is 6.73. The molecule has 0 bridgehead atoms. The number of benzene rings is 1. The zero-order chi connectivity index (χ0) is 12.7. The van der Waals surface area contributed by atoms with Crippen LogP contribution in [-0.4, -0.2) is 5.11 Å². The Kier molecular flexibility index (Phi) is 3.47. The molecule has 1 aromatic heterocycles. The molecule has 2 heterocycles. The molecule has 1 atom stereocenters. The number of fused-ring (bicyclic) bond motifs is 1. The average Bonchev–Trinajstić information content (AvgIpc) is 2.95. The van der Waals surface area contributed by atoms with Crippen molar-refractivity contribution in [3.8, 4) is 0 Å². The van der Waals surface area contributed by atoms with Crippen molar-refractivity contribution in [2.75, 3.05) is 0 Å². The normalized spacial score (nSPS) is 15.7. The Morgan fingerprint density at radius 1 is 1.28 bits per heavy atom. The molecule has 0 saturated carbocycles. The summed E-state index contributed by atoms with van der Waals surface area (Å²) >= 11 is 10.7. The van der Waals surface area contributed by atoms with Gasteiger partial charge in [0.15, 0.2) is 0 Å². The molecule has 0 amide bonds. The molecule has 1 N–H and O–H groups in total. The van der Waals surface area contributed by atoms with E-state index in [1.54, 1.807) is 0 Å². The first-order valence-electron chi connectivity index (χ1n) is 5.47. The smallest absolute Gasteiger partial charge is 0.113 e. The van der Waals surface area contributed by atoms with Crippen molar-refractivity contribution < 1.29 is 9.84 Å². The highest BCUT2D eigenvalue weighted by molar-refractivity contribution is 9.10. The fraction of sp³-hybridized carbons (Fsp3) is 0.231. The highest BCUT2D eigenvalue weighted by atomic mass is 79.9. The molecule has 0 aliphatic carbocycles. The molecule has 0 radical (unpaired) electrons. The van der Waals surface area contributed by atoms with E-state index >= 15 is 0 Å². The summed E-state index contributed by atoms with van der Waals surface area (Å²) in [6, 6.07) is 7.83. The van der Waals surface area contributed by atoms with Gasteiger partial charge in [0.25, 0.3) is 0 Å². The Balaban J connectivity index is 1.94. The highest BCUT2D eigenvalue weighted by Gasteiger charge is 2.18. The lowest BCUT2D eigenvalue weighted by Gasteiger charge is -2.10. The van der Waals surface area contributed by atoms with Crippen molar-refractivity contribution in [1.29, 1.82) is 0 Å². The van der Waals surface area contributed by atoms with Crippen LogP contribution in [0.4, 0.5) is 0 Å². The minimum atomic E-state index is -0.635. The van der Waals surface area contributed by atoms with Crippen LogP contribution >= 0.6 is 38.9 Å². The second-order valence-electron chi connectivity index (χ2n) is 4.19. The van der Waals surface area contributed by atoms with Crippen LogP contribution in [0.25, 0.3) is 0 Å². The third kappa shape index (κ3) is 2.24. The summed E-state index contributed by atoms with van der Waals surface area (Å²) in [5.74, 6) is 0. The fourth-order valence-electron chi connectivity index (χ4n) is 2.02. The van der Waals surface area contributed by atoms with Crippen molar-refractivity contribution in [3.63, 3.8) is 0 Å². The molecular weight excluding hydrogens is 336 g/mol. The van der Waals surface area contributed by atoms with Crippen LogP contribution in [-0.2, 0) is 18.0 Å². The largest absolute Gasteiger partial charge is 0.383 e. The lowest BCUT2D eigenvalue weighted by molar-refractivity contribution is 0.134. The SMILES string of the molecule is OC(c1ccc2c(c1)COC2)c1cc(Br)c(Cl)s1. The van der Waals surface area contributed by atoms with Crippen LogP contribution in [0.5, 0.6) is 0 Å². The monoisotopic (exact) mass is 344 g/mol. The lowest BCUT2D eigenvalue weighted by Crippen LogP contribution is -1.98. The minimum absolute atomic E-state index is 0.630. The molecule has 0 spiro atoms. The maximum atomic E-state index is 10.4. The van der Waals surface area contributed by atoms with E-state index in [2.05, 4.69) is 15.9 Å². The van der Waals surface area contributed by atoms with Gasteiger partial charge in [0, 0.05) is 9.35 Å². The topological polar surface area (TPSA) is 29.5 Å². The third-order valence-corrected chi connectivity index (χ3v) is 5.52. The predicted octanol–water partition coefficient (Wildman–Crippen LogP) is 4.28. The minimum Gasteiger partial charge on any atom is -0.383 e. The number of thiophene rings is 1. The Morgan fingerprint density at radius 2 is 2.06 bits per heavy atom. The summed E-state index contributed by atoms with van der Waals surface area (Å²) in [5.41, 5.74) is 3.24. The maximum absolute atomic E-state index is 10.4. The molecule has 0 fully saturated rings. The summed E-state index contributed by atoms with van der Waals surface area (Å²) in [4.78, 5) is 0.839. The Bertz CT molecular complexity index is 577. The van der Waals surface area contributed by atoms with Gasteiger partial charge < -0.3 is 9.84 Å². The van der Waals surface area contributed by atoms with Crippen molar-refractivity contribution in [2.24, 2.45) is 0 Å². The fourth-order valence-corrected chi connectivity index (χ4v) is 3.78. The average molecular weight is 346 g/mol. The number of rotatable bonds is 2. The van der Waals surface area contributed by atoms with Crippen molar-refractivity contribution >= 4 is 38.9 Å². The highest BCUT2D eigenvalue weighted by Crippen LogP contribution is 2.38. The van der Waals surface area contributed by atoms with Crippen LogP contribution in [0.2, 0.25) is 4.34 Å². The third-order valence-electron chi connectivity index (χ3n) is 2.99. The first-order chi connectivity index (χ1) is 8.65. The Morgan fingerprint density at radius 3 is 2.78 bits per heavy atom. The van der Waals surface area contributed by atoms with Gasteiger partial charge in [-0.05, 0) is 38.7 Å². The molecule has 1 aromatic carbocycles. The zero-order valence-electron chi connectivity index (χ0n) is 9.32. The van der Waals surface area contributed by atoms with E-state index in [1.165, 1.54) is 16.9 Å². The van der Waals surface area contributed by atoms with Crippen LogP contribution in [0.3, 0.4) is 0 Å². The van der Waals surface area contributed by atoms with Gasteiger partial charge in [-0.25, -0.2) is 0 Å². The molecule has 2 aromatic rings. The maximum Gasteiger partial charge on any atom is 0.113 e. The van der Waals surface area contributed by atoms with Crippen LogP contribution < -0.4 is 0 Å². The Hall–Kier alpha value is -0.390. The molecule has 18 heavy (non-hydrogen) atoms. The van der Waals surface area contributed by atoms with E-state index in [1.807, 2.05) is 24.3 Å².